The number of amides is 1. The SMILES string of the molecule is C=Cc1nn(C2COC2)c2c1CN(C(C)=O)CC2. The molecule has 0 bridgehead atoms. The van der Waals surface area contributed by atoms with Gasteiger partial charge in [-0.25, -0.2) is 0 Å². The van der Waals surface area contributed by atoms with E-state index >= 15 is 0 Å². The van der Waals surface area contributed by atoms with E-state index in [4.69, 9.17) is 4.74 Å². The first-order valence-corrected chi connectivity index (χ1v) is 6.26. The second-order valence-corrected chi connectivity index (χ2v) is 4.84. The maximum Gasteiger partial charge on any atom is 0.219 e. The van der Waals surface area contributed by atoms with Crippen LogP contribution >= 0.6 is 0 Å². The summed E-state index contributed by atoms with van der Waals surface area (Å²) < 4.78 is 7.31. The van der Waals surface area contributed by atoms with E-state index in [2.05, 4.69) is 16.4 Å². The molecule has 0 aliphatic carbocycles. The van der Waals surface area contributed by atoms with Crippen LogP contribution in [0.5, 0.6) is 0 Å². The molecule has 5 nitrogen and oxygen atoms in total. The van der Waals surface area contributed by atoms with Crippen LogP contribution in [0, 0.1) is 0 Å². The summed E-state index contributed by atoms with van der Waals surface area (Å²) in [7, 11) is 0. The number of hydrogen-bond donors (Lipinski definition) is 0. The largest absolute Gasteiger partial charge is 0.377 e. The quantitative estimate of drug-likeness (QED) is 0.783. The Labute approximate surface area is 106 Å². The van der Waals surface area contributed by atoms with Gasteiger partial charge in [0.15, 0.2) is 0 Å². The number of nitrogens with zero attached hydrogens (tertiary/aromatic N) is 3. The minimum absolute atomic E-state index is 0.121. The summed E-state index contributed by atoms with van der Waals surface area (Å²) in [6, 6.07) is 0.358. The molecule has 18 heavy (non-hydrogen) atoms. The van der Waals surface area contributed by atoms with Gasteiger partial charge in [0, 0.05) is 37.7 Å². The highest BCUT2D eigenvalue weighted by Crippen LogP contribution is 2.28. The molecule has 3 heterocycles. The number of ether oxygens (including phenoxy) is 1. The van der Waals surface area contributed by atoms with Crippen molar-refractivity contribution in [2.45, 2.75) is 25.9 Å². The van der Waals surface area contributed by atoms with Crippen LogP contribution in [0.4, 0.5) is 0 Å². The summed E-state index contributed by atoms with van der Waals surface area (Å²) in [4.78, 5) is 13.3. The molecule has 0 spiro atoms. The molecular formula is C13H17N3O2. The van der Waals surface area contributed by atoms with Gasteiger partial charge in [-0.05, 0) is 6.08 Å². The van der Waals surface area contributed by atoms with Gasteiger partial charge in [-0.2, -0.15) is 5.10 Å². The standard InChI is InChI=1S/C13H17N3O2/c1-3-12-11-6-15(9(2)17)5-4-13(11)16(14-12)10-7-18-8-10/h3,10H,1,4-8H2,2H3. The zero-order valence-corrected chi connectivity index (χ0v) is 10.6. The van der Waals surface area contributed by atoms with Gasteiger partial charge in [0.25, 0.3) is 0 Å². The summed E-state index contributed by atoms with van der Waals surface area (Å²) in [6.45, 7) is 8.33. The van der Waals surface area contributed by atoms with E-state index in [-0.39, 0.29) is 5.91 Å². The van der Waals surface area contributed by atoms with E-state index in [1.54, 1.807) is 13.0 Å². The monoisotopic (exact) mass is 247 g/mol. The summed E-state index contributed by atoms with van der Waals surface area (Å²) in [5.41, 5.74) is 3.30. The molecule has 1 saturated heterocycles. The van der Waals surface area contributed by atoms with Gasteiger partial charge >= 0.3 is 0 Å². The van der Waals surface area contributed by atoms with E-state index in [0.717, 1.165) is 37.4 Å². The number of carbonyl (C=O) groups is 1. The zero-order valence-electron chi connectivity index (χ0n) is 10.6. The van der Waals surface area contributed by atoms with Gasteiger partial charge < -0.3 is 9.64 Å². The number of carbonyl (C=O) groups excluding carboxylic acids is 1. The lowest BCUT2D eigenvalue weighted by Gasteiger charge is -2.31. The maximum absolute atomic E-state index is 11.5. The predicted molar refractivity (Wildman–Crippen MR) is 67.0 cm³/mol. The Kier molecular flexibility index (Phi) is 2.70. The molecule has 2 aliphatic heterocycles. The van der Waals surface area contributed by atoms with Crippen molar-refractivity contribution in [3.8, 4) is 0 Å². The summed E-state index contributed by atoms with van der Waals surface area (Å²) >= 11 is 0. The molecular weight excluding hydrogens is 230 g/mol. The van der Waals surface area contributed by atoms with Crippen LogP contribution in [0.3, 0.4) is 0 Å². The average molecular weight is 247 g/mol. The molecule has 1 aromatic rings. The van der Waals surface area contributed by atoms with Gasteiger partial charge in [-0.15, -0.1) is 0 Å². The van der Waals surface area contributed by atoms with Crippen molar-refractivity contribution in [1.29, 1.82) is 0 Å². The topological polar surface area (TPSA) is 47.4 Å². The smallest absolute Gasteiger partial charge is 0.219 e. The Morgan fingerprint density at radius 2 is 2.33 bits per heavy atom. The molecule has 0 unspecified atom stereocenters. The van der Waals surface area contributed by atoms with Crippen molar-refractivity contribution < 1.29 is 9.53 Å². The first-order valence-electron chi connectivity index (χ1n) is 6.26. The zero-order chi connectivity index (χ0) is 12.7. The molecule has 1 amide bonds. The highest BCUT2D eigenvalue weighted by molar-refractivity contribution is 5.73. The molecule has 2 aliphatic rings. The van der Waals surface area contributed by atoms with E-state index in [0.29, 0.717) is 12.6 Å². The van der Waals surface area contributed by atoms with E-state index in [1.165, 1.54) is 5.69 Å². The number of aromatic nitrogens is 2. The summed E-state index contributed by atoms with van der Waals surface area (Å²) in [5, 5.41) is 4.61. The molecule has 0 aromatic carbocycles. The number of hydrogen-bond acceptors (Lipinski definition) is 3. The van der Waals surface area contributed by atoms with Crippen molar-refractivity contribution in [3.05, 3.63) is 23.5 Å². The molecule has 5 heteroatoms. The third-order valence-electron chi connectivity index (χ3n) is 3.72. The normalized spacial score (nSPS) is 19.3. The molecule has 0 radical (unpaired) electrons. The minimum atomic E-state index is 0.121. The Morgan fingerprint density at radius 1 is 1.56 bits per heavy atom. The highest BCUT2D eigenvalue weighted by Gasteiger charge is 2.30. The van der Waals surface area contributed by atoms with Crippen molar-refractivity contribution in [1.82, 2.24) is 14.7 Å². The second-order valence-electron chi connectivity index (χ2n) is 4.84. The second kappa shape index (κ2) is 4.24. The van der Waals surface area contributed by atoms with Gasteiger partial charge in [0.1, 0.15) is 0 Å². The third-order valence-corrected chi connectivity index (χ3v) is 3.72. The number of fused-ring (bicyclic) bond motifs is 1. The van der Waals surface area contributed by atoms with Crippen molar-refractivity contribution in [2.24, 2.45) is 0 Å². The molecule has 0 saturated carbocycles. The van der Waals surface area contributed by atoms with Gasteiger partial charge in [0.2, 0.25) is 5.91 Å². The predicted octanol–water partition coefficient (Wildman–Crippen LogP) is 1.00. The Bertz CT molecular complexity index is 503. The highest BCUT2D eigenvalue weighted by atomic mass is 16.5. The van der Waals surface area contributed by atoms with Crippen molar-refractivity contribution >= 4 is 12.0 Å². The summed E-state index contributed by atoms with van der Waals surface area (Å²) in [5.74, 6) is 0.121. The van der Waals surface area contributed by atoms with Crippen LogP contribution in [0.15, 0.2) is 6.58 Å². The molecule has 1 aromatic heterocycles. The van der Waals surface area contributed by atoms with Gasteiger partial charge in [0.05, 0.1) is 24.9 Å². The van der Waals surface area contributed by atoms with Gasteiger partial charge in [-0.1, -0.05) is 6.58 Å². The summed E-state index contributed by atoms with van der Waals surface area (Å²) in [6.07, 6.45) is 2.64. The Balaban J connectivity index is 1.97. The Hall–Kier alpha value is -1.62. The van der Waals surface area contributed by atoms with E-state index in [1.807, 2.05) is 4.90 Å². The van der Waals surface area contributed by atoms with Crippen LogP contribution < -0.4 is 0 Å². The fourth-order valence-electron chi connectivity index (χ4n) is 2.57. The van der Waals surface area contributed by atoms with Crippen molar-refractivity contribution in [3.63, 3.8) is 0 Å². The van der Waals surface area contributed by atoms with Crippen LogP contribution in [0.25, 0.3) is 6.08 Å². The van der Waals surface area contributed by atoms with Crippen LogP contribution in [0.2, 0.25) is 0 Å². The van der Waals surface area contributed by atoms with Crippen LogP contribution in [0.1, 0.15) is 29.9 Å². The molecule has 1 fully saturated rings. The Morgan fingerprint density at radius 3 is 2.89 bits per heavy atom. The molecule has 0 atom stereocenters. The molecule has 0 N–H and O–H groups in total. The third kappa shape index (κ3) is 1.66. The minimum Gasteiger partial charge on any atom is -0.377 e. The fraction of sp³-hybridized carbons (Fsp3) is 0.538. The van der Waals surface area contributed by atoms with E-state index < -0.39 is 0 Å². The fourth-order valence-corrected chi connectivity index (χ4v) is 2.57. The van der Waals surface area contributed by atoms with Crippen LogP contribution in [-0.2, 0) is 22.5 Å². The lowest BCUT2D eigenvalue weighted by molar-refractivity contribution is -0.129. The van der Waals surface area contributed by atoms with Crippen molar-refractivity contribution in [2.75, 3.05) is 19.8 Å². The molecule has 96 valence electrons. The molecule has 3 rings (SSSR count). The van der Waals surface area contributed by atoms with Crippen LogP contribution in [-0.4, -0.2) is 40.3 Å². The first kappa shape index (κ1) is 11.5. The first-order chi connectivity index (χ1) is 8.70. The van der Waals surface area contributed by atoms with E-state index in [9.17, 15) is 4.79 Å². The average Bonchev–Trinajstić information content (AvgIpc) is 2.65. The van der Waals surface area contributed by atoms with Gasteiger partial charge in [-0.3, -0.25) is 9.48 Å². The lowest BCUT2D eigenvalue weighted by Crippen LogP contribution is -2.37. The maximum atomic E-state index is 11.5. The number of rotatable bonds is 2. The lowest BCUT2D eigenvalue weighted by atomic mass is 10.0.